The first-order valence-corrected chi connectivity index (χ1v) is 11.6. The van der Waals surface area contributed by atoms with Gasteiger partial charge in [-0.2, -0.15) is 5.10 Å². The summed E-state index contributed by atoms with van der Waals surface area (Å²) in [7, 11) is 0. The zero-order valence-electron chi connectivity index (χ0n) is 18.8. The first kappa shape index (κ1) is 24.3. The SMILES string of the molecule is CCCCCCOc1ccccc1C=NNC(=O)c1ccc(OCc2ccc(Cl)cc2)cc1. The maximum Gasteiger partial charge on any atom is 0.271 e. The Hall–Kier alpha value is -3.31. The summed E-state index contributed by atoms with van der Waals surface area (Å²) in [4.78, 5) is 12.4. The Labute approximate surface area is 200 Å². The number of carbonyl (C=O) groups excluding carboxylic acids is 1. The summed E-state index contributed by atoms with van der Waals surface area (Å²) in [5, 5.41) is 4.79. The average molecular weight is 465 g/mol. The molecular weight excluding hydrogens is 436 g/mol. The van der Waals surface area contributed by atoms with Gasteiger partial charge in [-0.25, -0.2) is 5.43 Å². The van der Waals surface area contributed by atoms with E-state index < -0.39 is 0 Å². The monoisotopic (exact) mass is 464 g/mol. The largest absolute Gasteiger partial charge is 0.493 e. The number of para-hydroxylation sites is 1. The third kappa shape index (κ3) is 8.28. The fraction of sp³-hybridized carbons (Fsp3) is 0.259. The van der Waals surface area contributed by atoms with Gasteiger partial charge in [0.1, 0.15) is 18.1 Å². The predicted molar refractivity (Wildman–Crippen MR) is 133 cm³/mol. The Bertz CT molecular complexity index is 1030. The topological polar surface area (TPSA) is 59.9 Å². The lowest BCUT2D eigenvalue weighted by atomic mass is 10.2. The number of unbranched alkanes of at least 4 members (excludes halogenated alkanes) is 3. The van der Waals surface area contributed by atoms with E-state index in [9.17, 15) is 4.79 Å². The number of ether oxygens (including phenoxy) is 2. The number of nitrogens with zero attached hydrogens (tertiary/aromatic N) is 1. The van der Waals surface area contributed by atoms with Crippen LogP contribution in [-0.4, -0.2) is 18.7 Å². The summed E-state index contributed by atoms with van der Waals surface area (Å²) >= 11 is 5.89. The van der Waals surface area contributed by atoms with Crippen molar-refractivity contribution in [3.05, 3.63) is 94.5 Å². The van der Waals surface area contributed by atoms with E-state index in [4.69, 9.17) is 21.1 Å². The lowest BCUT2D eigenvalue weighted by Gasteiger charge is -2.09. The fourth-order valence-corrected chi connectivity index (χ4v) is 3.23. The molecule has 172 valence electrons. The predicted octanol–water partition coefficient (Wildman–Crippen LogP) is 6.64. The number of hydrogen-bond acceptors (Lipinski definition) is 4. The minimum Gasteiger partial charge on any atom is -0.493 e. The standard InChI is InChI=1S/C27H29ClN2O3/c1-2-3-4-7-18-32-26-9-6-5-8-23(26)19-29-30-27(31)22-12-16-25(17-13-22)33-20-21-10-14-24(28)15-11-21/h5-6,8-17,19H,2-4,7,18,20H2,1H3,(H,30,31). The zero-order chi connectivity index (χ0) is 23.3. The fourth-order valence-electron chi connectivity index (χ4n) is 3.10. The van der Waals surface area contributed by atoms with Crippen molar-refractivity contribution in [3.8, 4) is 11.5 Å². The molecule has 0 bridgehead atoms. The van der Waals surface area contributed by atoms with Crippen molar-refractivity contribution in [1.82, 2.24) is 5.43 Å². The van der Waals surface area contributed by atoms with Gasteiger partial charge in [-0.15, -0.1) is 0 Å². The lowest BCUT2D eigenvalue weighted by Crippen LogP contribution is -2.17. The van der Waals surface area contributed by atoms with Crippen molar-refractivity contribution in [3.63, 3.8) is 0 Å². The van der Waals surface area contributed by atoms with E-state index in [0.717, 1.165) is 29.7 Å². The van der Waals surface area contributed by atoms with Crippen LogP contribution in [0.2, 0.25) is 5.02 Å². The van der Waals surface area contributed by atoms with Gasteiger partial charge in [0.25, 0.3) is 5.91 Å². The van der Waals surface area contributed by atoms with Gasteiger partial charge >= 0.3 is 0 Å². The molecule has 0 saturated carbocycles. The van der Waals surface area contributed by atoms with Crippen molar-refractivity contribution < 1.29 is 14.3 Å². The quantitative estimate of drug-likeness (QED) is 0.185. The van der Waals surface area contributed by atoms with Crippen LogP contribution in [0.1, 0.15) is 54.1 Å². The minimum atomic E-state index is -0.298. The summed E-state index contributed by atoms with van der Waals surface area (Å²) < 4.78 is 11.6. The third-order valence-electron chi connectivity index (χ3n) is 4.98. The number of nitrogens with one attached hydrogen (secondary N) is 1. The molecule has 3 rings (SSSR count). The molecule has 0 aromatic heterocycles. The van der Waals surface area contributed by atoms with Crippen molar-refractivity contribution >= 4 is 23.7 Å². The third-order valence-corrected chi connectivity index (χ3v) is 5.23. The smallest absolute Gasteiger partial charge is 0.271 e. The molecule has 0 spiro atoms. The number of hydrazone groups is 1. The van der Waals surface area contributed by atoms with Gasteiger partial charge in [0.05, 0.1) is 12.8 Å². The number of amides is 1. The van der Waals surface area contributed by atoms with Crippen LogP contribution in [-0.2, 0) is 6.61 Å². The molecule has 0 radical (unpaired) electrons. The lowest BCUT2D eigenvalue weighted by molar-refractivity contribution is 0.0955. The van der Waals surface area contributed by atoms with Crippen LogP contribution in [0, 0.1) is 0 Å². The highest BCUT2D eigenvalue weighted by atomic mass is 35.5. The van der Waals surface area contributed by atoms with E-state index in [1.54, 1.807) is 30.5 Å². The summed E-state index contributed by atoms with van der Waals surface area (Å²) in [5.41, 5.74) is 4.89. The normalized spacial score (nSPS) is 10.8. The molecule has 33 heavy (non-hydrogen) atoms. The van der Waals surface area contributed by atoms with E-state index in [2.05, 4.69) is 17.5 Å². The molecule has 0 aliphatic rings. The van der Waals surface area contributed by atoms with Crippen molar-refractivity contribution in [2.24, 2.45) is 5.10 Å². The highest BCUT2D eigenvalue weighted by Gasteiger charge is 2.06. The molecule has 0 saturated heterocycles. The maximum atomic E-state index is 12.4. The van der Waals surface area contributed by atoms with Crippen molar-refractivity contribution in [2.75, 3.05) is 6.61 Å². The Morgan fingerprint density at radius 1 is 0.939 bits per heavy atom. The molecular formula is C27H29ClN2O3. The van der Waals surface area contributed by atoms with E-state index in [0.29, 0.717) is 29.5 Å². The van der Waals surface area contributed by atoms with Crippen LogP contribution in [0.3, 0.4) is 0 Å². The molecule has 1 amide bonds. The number of benzene rings is 3. The second-order valence-electron chi connectivity index (χ2n) is 7.59. The van der Waals surface area contributed by atoms with Gasteiger partial charge < -0.3 is 9.47 Å². The van der Waals surface area contributed by atoms with Crippen LogP contribution < -0.4 is 14.9 Å². The van der Waals surface area contributed by atoms with E-state index in [1.165, 1.54) is 12.8 Å². The van der Waals surface area contributed by atoms with Gasteiger partial charge in [-0.05, 0) is 60.5 Å². The summed E-state index contributed by atoms with van der Waals surface area (Å²) in [6, 6.07) is 22.1. The number of halogens is 1. The summed E-state index contributed by atoms with van der Waals surface area (Å²) in [6.07, 6.45) is 6.20. The molecule has 0 aliphatic carbocycles. The van der Waals surface area contributed by atoms with E-state index in [1.807, 2.05) is 48.5 Å². The molecule has 0 heterocycles. The molecule has 1 N–H and O–H groups in total. The van der Waals surface area contributed by atoms with Crippen LogP contribution in [0.15, 0.2) is 77.9 Å². The van der Waals surface area contributed by atoms with Crippen molar-refractivity contribution in [2.45, 2.75) is 39.2 Å². The van der Waals surface area contributed by atoms with Crippen LogP contribution in [0.4, 0.5) is 0 Å². The number of hydrogen-bond donors (Lipinski definition) is 1. The number of rotatable bonds is 12. The zero-order valence-corrected chi connectivity index (χ0v) is 19.6. The van der Waals surface area contributed by atoms with E-state index in [-0.39, 0.29) is 5.91 Å². The first-order chi connectivity index (χ1) is 16.2. The van der Waals surface area contributed by atoms with Crippen molar-refractivity contribution in [1.29, 1.82) is 0 Å². The van der Waals surface area contributed by atoms with Gasteiger partial charge in [-0.1, -0.05) is 62.1 Å². The Morgan fingerprint density at radius 3 is 2.45 bits per heavy atom. The molecule has 5 nitrogen and oxygen atoms in total. The van der Waals surface area contributed by atoms with Gasteiger partial charge in [0, 0.05) is 16.1 Å². The Morgan fingerprint density at radius 2 is 1.70 bits per heavy atom. The minimum absolute atomic E-state index is 0.298. The summed E-state index contributed by atoms with van der Waals surface area (Å²) in [6.45, 7) is 3.28. The average Bonchev–Trinajstić information content (AvgIpc) is 2.84. The number of carbonyl (C=O) groups is 1. The highest BCUT2D eigenvalue weighted by molar-refractivity contribution is 6.30. The molecule has 0 aliphatic heterocycles. The van der Waals surface area contributed by atoms with Crippen LogP contribution in [0.25, 0.3) is 0 Å². The van der Waals surface area contributed by atoms with E-state index >= 15 is 0 Å². The van der Waals surface area contributed by atoms with Crippen LogP contribution in [0.5, 0.6) is 11.5 Å². The molecule has 3 aromatic carbocycles. The Balaban J connectivity index is 1.48. The summed E-state index contributed by atoms with van der Waals surface area (Å²) in [5.74, 6) is 1.14. The van der Waals surface area contributed by atoms with Crippen LogP contribution >= 0.6 is 11.6 Å². The Kier molecular flexibility index (Phi) is 9.80. The van der Waals surface area contributed by atoms with Gasteiger partial charge in [0.15, 0.2) is 0 Å². The second kappa shape index (κ2) is 13.3. The maximum absolute atomic E-state index is 12.4. The molecule has 3 aromatic rings. The molecule has 0 unspecified atom stereocenters. The van der Waals surface area contributed by atoms with Gasteiger partial charge in [-0.3, -0.25) is 4.79 Å². The first-order valence-electron chi connectivity index (χ1n) is 11.2. The highest BCUT2D eigenvalue weighted by Crippen LogP contribution is 2.17. The second-order valence-corrected chi connectivity index (χ2v) is 8.02. The molecule has 0 atom stereocenters. The molecule has 6 heteroatoms. The van der Waals surface area contributed by atoms with Gasteiger partial charge in [0.2, 0.25) is 0 Å². The molecule has 0 fully saturated rings.